The van der Waals surface area contributed by atoms with Crippen LogP contribution in [0.1, 0.15) is 62.8 Å². The Kier molecular flexibility index (Phi) is 7.01. The summed E-state index contributed by atoms with van der Waals surface area (Å²) in [6.45, 7) is 9.22. The first-order chi connectivity index (χ1) is 16.3. The lowest BCUT2D eigenvalue weighted by Crippen LogP contribution is -2.49. The first kappa shape index (κ1) is 25.9. The van der Waals surface area contributed by atoms with E-state index in [0.29, 0.717) is 19.0 Å². The van der Waals surface area contributed by atoms with Crippen molar-refractivity contribution in [1.82, 2.24) is 10.3 Å². The minimum Gasteiger partial charge on any atom is -0.478 e. The third-order valence-corrected chi connectivity index (χ3v) is 5.64. The topological polar surface area (TPSA) is 116 Å². The van der Waals surface area contributed by atoms with Crippen molar-refractivity contribution in [3.05, 3.63) is 46.8 Å². The van der Waals surface area contributed by atoms with Crippen LogP contribution in [-0.4, -0.2) is 46.4 Å². The van der Waals surface area contributed by atoms with Gasteiger partial charge >= 0.3 is 12.1 Å². The molecule has 0 unspecified atom stereocenters. The van der Waals surface area contributed by atoms with Crippen molar-refractivity contribution in [3.8, 4) is 17.2 Å². The van der Waals surface area contributed by atoms with Crippen molar-refractivity contribution in [3.63, 3.8) is 0 Å². The van der Waals surface area contributed by atoms with Gasteiger partial charge in [-0.05, 0) is 58.2 Å². The zero-order chi connectivity index (χ0) is 26.1. The number of aryl methyl sites for hydroxylation is 1. The molecule has 0 saturated carbocycles. The number of aromatic carboxylic acids is 1. The third kappa shape index (κ3) is 5.67. The highest BCUT2D eigenvalue weighted by atomic mass is 19.1. The number of alkyl carbamates (subject to hydrolysis) is 1. The van der Waals surface area contributed by atoms with E-state index in [-0.39, 0.29) is 46.7 Å². The molecule has 8 nitrogen and oxygen atoms in total. The van der Waals surface area contributed by atoms with Crippen LogP contribution in [0, 0.1) is 23.0 Å². The van der Waals surface area contributed by atoms with Crippen LogP contribution in [0.15, 0.2) is 18.2 Å². The normalized spacial score (nSPS) is 17.7. The molecule has 1 aliphatic rings. The fraction of sp³-hybridized carbons (Fsp3) is 0.440. The van der Waals surface area contributed by atoms with Crippen molar-refractivity contribution in [1.29, 1.82) is 5.26 Å². The third-order valence-electron chi connectivity index (χ3n) is 5.64. The number of pyridine rings is 1. The Balaban J connectivity index is 2.17. The summed E-state index contributed by atoms with van der Waals surface area (Å²) >= 11 is 0. The number of carboxylic acid groups (broad SMARTS) is 1. The average Bonchev–Trinajstić information content (AvgIpc) is 3.10. The van der Waals surface area contributed by atoms with E-state index < -0.39 is 34.8 Å². The van der Waals surface area contributed by atoms with Gasteiger partial charge in [0.05, 0.1) is 16.9 Å². The van der Waals surface area contributed by atoms with Crippen molar-refractivity contribution in [2.24, 2.45) is 0 Å². The van der Waals surface area contributed by atoms with Gasteiger partial charge in [-0.15, -0.1) is 0 Å². The Morgan fingerprint density at radius 1 is 1.29 bits per heavy atom. The first-order valence-electron chi connectivity index (χ1n) is 11.2. The highest BCUT2D eigenvalue weighted by Crippen LogP contribution is 2.41. The molecular weight excluding hydrogens is 458 g/mol. The molecule has 1 aromatic heterocycles. The van der Waals surface area contributed by atoms with Gasteiger partial charge in [0, 0.05) is 24.7 Å². The molecule has 1 saturated heterocycles. The number of rotatable bonds is 5. The second-order valence-corrected chi connectivity index (χ2v) is 9.79. The number of carboxylic acids is 1. The largest absolute Gasteiger partial charge is 0.478 e. The number of aromatic nitrogens is 1. The number of anilines is 1. The maximum Gasteiger partial charge on any atom is 0.408 e. The minimum atomic E-state index is -1.28. The highest BCUT2D eigenvalue weighted by Gasteiger charge is 2.40. The number of hydrogen-bond donors (Lipinski definition) is 2. The van der Waals surface area contributed by atoms with Gasteiger partial charge in [0.15, 0.2) is 5.69 Å². The lowest BCUT2D eigenvalue weighted by atomic mass is 9.95. The Labute approximate surface area is 202 Å². The lowest BCUT2D eigenvalue weighted by molar-refractivity contribution is 0.0472. The molecule has 1 fully saturated rings. The molecule has 1 aromatic carbocycles. The van der Waals surface area contributed by atoms with Crippen molar-refractivity contribution < 1.29 is 28.2 Å². The molecule has 2 N–H and O–H groups in total. The number of nitrogens with zero attached hydrogens (tertiary/aromatic N) is 3. The number of nitrogens with one attached hydrogen (secondary N) is 1. The maximum absolute atomic E-state index is 14.1. The van der Waals surface area contributed by atoms with Crippen LogP contribution in [-0.2, 0) is 11.2 Å². The second kappa shape index (κ2) is 9.49. The Hall–Kier alpha value is -3.74. The SMILES string of the molecule is CCc1nc(C#N)c(-c2cc(F)cc(F)c2)c(N2CC[C@](C)(NC(=O)OC(C)(C)C)C2)c1C(=O)O. The van der Waals surface area contributed by atoms with Crippen LogP contribution in [0.2, 0.25) is 0 Å². The monoisotopic (exact) mass is 486 g/mol. The van der Waals surface area contributed by atoms with Gasteiger partial charge in [-0.3, -0.25) is 0 Å². The molecule has 1 amide bonds. The van der Waals surface area contributed by atoms with E-state index in [1.165, 1.54) is 0 Å². The van der Waals surface area contributed by atoms with Crippen LogP contribution in [0.25, 0.3) is 11.1 Å². The molecule has 1 aliphatic heterocycles. The molecule has 1 atom stereocenters. The van der Waals surface area contributed by atoms with Crippen LogP contribution < -0.4 is 10.2 Å². The van der Waals surface area contributed by atoms with Gasteiger partial charge in [-0.2, -0.15) is 5.26 Å². The summed E-state index contributed by atoms with van der Waals surface area (Å²) in [4.78, 5) is 30.7. The van der Waals surface area contributed by atoms with Gasteiger partial charge in [0.1, 0.15) is 28.9 Å². The quantitative estimate of drug-likeness (QED) is 0.632. The number of halogens is 2. The van der Waals surface area contributed by atoms with Gasteiger partial charge in [0.2, 0.25) is 0 Å². The molecule has 0 bridgehead atoms. The number of benzene rings is 1. The molecular formula is C25H28F2N4O4. The number of nitriles is 1. The summed E-state index contributed by atoms with van der Waals surface area (Å²) in [5, 5.41) is 22.8. The molecule has 0 aliphatic carbocycles. The fourth-order valence-electron chi connectivity index (χ4n) is 4.27. The van der Waals surface area contributed by atoms with Gasteiger partial charge in [0.25, 0.3) is 0 Å². The van der Waals surface area contributed by atoms with Crippen molar-refractivity contribution in [2.75, 3.05) is 18.0 Å². The number of hydrogen-bond acceptors (Lipinski definition) is 6. The number of carbonyl (C=O) groups is 2. The summed E-state index contributed by atoms with van der Waals surface area (Å²) in [6, 6.07) is 4.72. The second-order valence-electron chi connectivity index (χ2n) is 9.79. The van der Waals surface area contributed by atoms with Crippen molar-refractivity contribution in [2.45, 2.75) is 58.6 Å². The molecule has 2 heterocycles. The number of ether oxygens (including phenoxy) is 1. The fourth-order valence-corrected chi connectivity index (χ4v) is 4.27. The van der Waals surface area contributed by atoms with Crippen LogP contribution in [0.4, 0.5) is 19.3 Å². The van der Waals surface area contributed by atoms with E-state index >= 15 is 0 Å². The smallest absolute Gasteiger partial charge is 0.408 e. The first-order valence-corrected chi connectivity index (χ1v) is 11.2. The standard InChI is InChI=1S/C25H28F2N4O4/c1-6-17-20(22(32)33)21(19(18(12-28)29-17)14-9-15(26)11-16(27)10-14)31-8-7-25(5,13-31)30-23(34)35-24(2,3)4/h9-11H,6-8,13H2,1-5H3,(H,30,34)(H,32,33)/t25-/m0/s1. The molecule has 35 heavy (non-hydrogen) atoms. The number of amides is 1. The zero-order valence-electron chi connectivity index (χ0n) is 20.3. The summed E-state index contributed by atoms with van der Waals surface area (Å²) in [6.07, 6.45) is 0.0467. The lowest BCUT2D eigenvalue weighted by Gasteiger charge is -2.30. The molecule has 0 radical (unpaired) electrons. The van der Waals surface area contributed by atoms with E-state index in [1.54, 1.807) is 39.5 Å². The van der Waals surface area contributed by atoms with E-state index in [1.807, 2.05) is 6.07 Å². The summed E-state index contributed by atoms with van der Waals surface area (Å²) in [7, 11) is 0. The highest BCUT2D eigenvalue weighted by molar-refractivity contribution is 6.01. The maximum atomic E-state index is 14.1. The Morgan fingerprint density at radius 2 is 1.91 bits per heavy atom. The molecule has 2 aromatic rings. The molecule has 3 rings (SSSR count). The van der Waals surface area contributed by atoms with E-state index in [2.05, 4.69) is 10.3 Å². The molecule has 186 valence electrons. The minimum absolute atomic E-state index is 0.000377. The molecule has 10 heteroatoms. The van der Waals surface area contributed by atoms with E-state index in [4.69, 9.17) is 4.74 Å². The van der Waals surface area contributed by atoms with E-state index in [0.717, 1.165) is 12.1 Å². The molecule has 0 spiro atoms. The average molecular weight is 487 g/mol. The van der Waals surface area contributed by atoms with Gasteiger partial charge < -0.3 is 20.1 Å². The van der Waals surface area contributed by atoms with E-state index in [9.17, 15) is 28.7 Å². The zero-order valence-corrected chi connectivity index (χ0v) is 20.3. The van der Waals surface area contributed by atoms with Gasteiger partial charge in [-0.1, -0.05) is 6.92 Å². The Bertz CT molecular complexity index is 1200. The predicted molar refractivity (Wildman–Crippen MR) is 125 cm³/mol. The summed E-state index contributed by atoms with van der Waals surface area (Å²) in [5.41, 5.74) is -1.42. The van der Waals surface area contributed by atoms with Gasteiger partial charge in [-0.25, -0.2) is 23.4 Å². The van der Waals surface area contributed by atoms with Crippen LogP contribution >= 0.6 is 0 Å². The van der Waals surface area contributed by atoms with Crippen LogP contribution in [0.5, 0.6) is 0 Å². The summed E-state index contributed by atoms with van der Waals surface area (Å²) in [5.74, 6) is -3.02. The van der Waals surface area contributed by atoms with Crippen LogP contribution in [0.3, 0.4) is 0 Å². The predicted octanol–water partition coefficient (Wildman–Crippen LogP) is 4.65. The number of carbonyl (C=O) groups excluding carboxylic acids is 1. The van der Waals surface area contributed by atoms with Crippen molar-refractivity contribution >= 4 is 17.7 Å². The Morgan fingerprint density at radius 3 is 2.43 bits per heavy atom. The summed E-state index contributed by atoms with van der Waals surface area (Å²) < 4.78 is 33.6.